The zero-order valence-electron chi connectivity index (χ0n) is 16.5. The maximum atomic E-state index is 9.49. The first-order valence-electron chi connectivity index (χ1n) is 9.27. The zero-order valence-corrected chi connectivity index (χ0v) is 16.5. The smallest absolute Gasteiger partial charge is 0.148 e. The van der Waals surface area contributed by atoms with Crippen LogP contribution in [0.15, 0.2) is 48.9 Å². The summed E-state index contributed by atoms with van der Waals surface area (Å²) in [7, 11) is 3.81. The van der Waals surface area contributed by atoms with Crippen LogP contribution in [0, 0.1) is 11.3 Å². The van der Waals surface area contributed by atoms with E-state index in [9.17, 15) is 5.26 Å². The van der Waals surface area contributed by atoms with Gasteiger partial charge in [0.1, 0.15) is 29.0 Å². The molecule has 0 saturated heterocycles. The third-order valence-electron chi connectivity index (χ3n) is 4.74. The minimum absolute atomic E-state index is 0.291. The predicted molar refractivity (Wildman–Crippen MR) is 108 cm³/mol. The van der Waals surface area contributed by atoms with Gasteiger partial charge in [0.25, 0.3) is 0 Å². The van der Waals surface area contributed by atoms with Crippen LogP contribution in [0.1, 0.15) is 30.0 Å². The summed E-state index contributed by atoms with van der Waals surface area (Å²) in [6.07, 6.45) is 4.85. The van der Waals surface area contributed by atoms with Crippen LogP contribution in [0.4, 0.5) is 0 Å². The van der Waals surface area contributed by atoms with Crippen LogP contribution in [0.3, 0.4) is 0 Å². The summed E-state index contributed by atoms with van der Waals surface area (Å²) >= 11 is 0. The van der Waals surface area contributed by atoms with Gasteiger partial charge in [0, 0.05) is 31.5 Å². The fraction of sp³-hybridized carbons (Fsp3) is 0.238. The molecule has 1 N–H and O–H groups in total. The van der Waals surface area contributed by atoms with E-state index in [1.54, 1.807) is 16.9 Å². The van der Waals surface area contributed by atoms with Crippen LogP contribution in [0.5, 0.6) is 5.75 Å². The van der Waals surface area contributed by atoms with Gasteiger partial charge in [0.2, 0.25) is 0 Å². The lowest BCUT2D eigenvalue weighted by Crippen LogP contribution is -2.09. The van der Waals surface area contributed by atoms with Crippen LogP contribution in [0.2, 0.25) is 0 Å². The molecule has 0 aromatic carbocycles. The van der Waals surface area contributed by atoms with E-state index in [1.165, 1.54) is 0 Å². The fourth-order valence-electron chi connectivity index (χ4n) is 3.26. The lowest BCUT2D eigenvalue weighted by Gasteiger charge is -2.16. The number of rotatable bonds is 6. The highest BCUT2D eigenvalue weighted by atomic mass is 16.5. The van der Waals surface area contributed by atoms with Gasteiger partial charge in [0.15, 0.2) is 0 Å². The van der Waals surface area contributed by atoms with E-state index in [0.717, 1.165) is 22.6 Å². The van der Waals surface area contributed by atoms with Crippen molar-refractivity contribution in [1.29, 1.82) is 5.26 Å². The van der Waals surface area contributed by atoms with E-state index in [4.69, 9.17) is 4.74 Å². The number of pyridine rings is 2. The van der Waals surface area contributed by atoms with E-state index < -0.39 is 0 Å². The van der Waals surface area contributed by atoms with Gasteiger partial charge in [-0.25, -0.2) is 4.52 Å². The summed E-state index contributed by atoms with van der Waals surface area (Å²) in [6.45, 7) is 2.64. The second-order valence-corrected chi connectivity index (χ2v) is 6.75. The Morgan fingerprint density at radius 1 is 1.31 bits per heavy atom. The predicted octanol–water partition coefficient (Wildman–Crippen LogP) is 2.86. The molecule has 146 valence electrons. The molecule has 4 rings (SSSR count). The minimum Gasteiger partial charge on any atom is -0.482 e. The third-order valence-corrected chi connectivity index (χ3v) is 4.74. The highest BCUT2D eigenvalue weighted by Gasteiger charge is 2.18. The number of hydrogen-bond donors (Lipinski definition) is 1. The van der Waals surface area contributed by atoms with Crippen molar-refractivity contribution in [2.24, 2.45) is 7.05 Å². The third kappa shape index (κ3) is 3.56. The Morgan fingerprint density at radius 3 is 2.90 bits per heavy atom. The Kier molecular flexibility index (Phi) is 4.97. The van der Waals surface area contributed by atoms with Crippen molar-refractivity contribution in [2.75, 3.05) is 7.05 Å². The van der Waals surface area contributed by atoms with Gasteiger partial charge in [-0.2, -0.15) is 15.5 Å². The molecule has 1 unspecified atom stereocenters. The van der Waals surface area contributed by atoms with E-state index in [2.05, 4.69) is 26.6 Å². The van der Waals surface area contributed by atoms with Gasteiger partial charge in [-0.15, -0.1) is 0 Å². The van der Waals surface area contributed by atoms with E-state index in [0.29, 0.717) is 23.4 Å². The van der Waals surface area contributed by atoms with Crippen molar-refractivity contribution >= 4 is 5.52 Å². The summed E-state index contributed by atoms with van der Waals surface area (Å²) < 4.78 is 9.75. The van der Waals surface area contributed by atoms with Crippen molar-refractivity contribution < 1.29 is 4.74 Å². The van der Waals surface area contributed by atoms with Crippen molar-refractivity contribution in [2.45, 2.75) is 19.6 Å². The summed E-state index contributed by atoms with van der Waals surface area (Å²) in [6, 6.07) is 11.8. The van der Waals surface area contributed by atoms with E-state index in [1.807, 2.05) is 62.2 Å². The lowest BCUT2D eigenvalue weighted by atomic mass is 10.1. The number of ether oxygens (including phenoxy) is 1. The van der Waals surface area contributed by atoms with Crippen molar-refractivity contribution in [3.63, 3.8) is 0 Å². The van der Waals surface area contributed by atoms with Crippen molar-refractivity contribution in [3.8, 4) is 23.1 Å². The number of aromatic nitrogens is 5. The molecule has 0 aliphatic carbocycles. The summed E-state index contributed by atoms with van der Waals surface area (Å²) in [4.78, 5) is 4.37. The van der Waals surface area contributed by atoms with Crippen molar-refractivity contribution in [3.05, 3.63) is 65.9 Å². The molecule has 4 aromatic heterocycles. The summed E-state index contributed by atoms with van der Waals surface area (Å²) in [5, 5.41) is 21.6. The fourth-order valence-corrected chi connectivity index (χ4v) is 3.26. The first kappa shape index (κ1) is 18.7. The number of nitrogens with zero attached hydrogens (tertiary/aromatic N) is 6. The normalized spacial score (nSPS) is 12.1. The Morgan fingerprint density at radius 2 is 2.17 bits per heavy atom. The lowest BCUT2D eigenvalue weighted by molar-refractivity contribution is 0.224. The molecular weight excluding hydrogens is 366 g/mol. The van der Waals surface area contributed by atoms with Crippen LogP contribution in [-0.4, -0.2) is 31.4 Å². The van der Waals surface area contributed by atoms with Gasteiger partial charge >= 0.3 is 0 Å². The molecule has 0 fully saturated rings. The van der Waals surface area contributed by atoms with Gasteiger partial charge in [-0.05, 0) is 38.2 Å². The second kappa shape index (κ2) is 7.73. The Labute approximate surface area is 168 Å². The zero-order chi connectivity index (χ0) is 20.4. The number of fused-ring (bicyclic) bond motifs is 1. The molecule has 0 bridgehead atoms. The molecule has 29 heavy (non-hydrogen) atoms. The summed E-state index contributed by atoms with van der Waals surface area (Å²) in [5.41, 5.74) is 4.62. The largest absolute Gasteiger partial charge is 0.482 e. The number of nitrogens with one attached hydrogen (secondary N) is 1. The number of hydrogen-bond acceptors (Lipinski definition) is 6. The van der Waals surface area contributed by atoms with E-state index >= 15 is 0 Å². The highest BCUT2D eigenvalue weighted by Crippen LogP contribution is 2.32. The molecule has 0 aliphatic rings. The molecule has 0 saturated carbocycles. The first-order chi connectivity index (χ1) is 14.1. The maximum absolute atomic E-state index is 9.49. The monoisotopic (exact) mass is 387 g/mol. The van der Waals surface area contributed by atoms with Gasteiger partial charge in [0.05, 0.1) is 23.3 Å². The average molecular weight is 387 g/mol. The van der Waals surface area contributed by atoms with Gasteiger partial charge in [-0.1, -0.05) is 6.07 Å². The van der Waals surface area contributed by atoms with Crippen LogP contribution >= 0.6 is 0 Å². The molecule has 0 radical (unpaired) electrons. The summed E-state index contributed by atoms with van der Waals surface area (Å²) in [5.74, 6) is 0.565. The molecule has 4 heterocycles. The molecule has 8 heteroatoms. The molecular formula is C21H21N7O. The maximum Gasteiger partial charge on any atom is 0.148 e. The standard InChI is InChI=1S/C21H21N7O/c1-14(18-6-4-5-7-24-18)29-20-8-15(13-28-21(20)16(10-22)11-25-28)19-9-17(12-23-2)27(3)26-19/h4-9,11,13-14,23H,12H2,1-3H3. The van der Waals surface area contributed by atoms with Crippen molar-refractivity contribution in [1.82, 2.24) is 29.7 Å². The molecule has 4 aromatic rings. The molecule has 0 aliphatic heterocycles. The van der Waals surface area contributed by atoms with Crippen LogP contribution in [0.25, 0.3) is 16.8 Å². The number of nitriles is 1. The molecule has 8 nitrogen and oxygen atoms in total. The first-order valence-corrected chi connectivity index (χ1v) is 9.27. The quantitative estimate of drug-likeness (QED) is 0.547. The van der Waals surface area contributed by atoms with Gasteiger partial charge < -0.3 is 10.1 Å². The second-order valence-electron chi connectivity index (χ2n) is 6.75. The molecule has 1 atom stereocenters. The Hall–Kier alpha value is -3.70. The minimum atomic E-state index is -0.291. The SMILES string of the molecule is CNCc1cc(-c2cc(OC(C)c3ccccn3)c3c(C#N)cnn3c2)nn1C. The van der Waals surface area contributed by atoms with Gasteiger partial charge in [-0.3, -0.25) is 9.67 Å². The molecule has 0 spiro atoms. The molecule has 0 amide bonds. The Balaban J connectivity index is 1.80. The van der Waals surface area contributed by atoms with E-state index in [-0.39, 0.29) is 6.10 Å². The Bertz CT molecular complexity index is 1190. The average Bonchev–Trinajstić information content (AvgIpc) is 3.32. The topological polar surface area (TPSA) is 93.1 Å². The highest BCUT2D eigenvalue weighted by molar-refractivity contribution is 5.74. The van der Waals surface area contributed by atoms with Crippen LogP contribution in [-0.2, 0) is 13.6 Å². The van der Waals surface area contributed by atoms with Crippen LogP contribution < -0.4 is 10.1 Å². The number of aryl methyl sites for hydroxylation is 1.